The van der Waals surface area contributed by atoms with Gasteiger partial charge in [-0.1, -0.05) is 32.4 Å². The first-order valence-corrected chi connectivity index (χ1v) is 11.8. The lowest BCUT2D eigenvalue weighted by Crippen LogP contribution is -2.59. The van der Waals surface area contributed by atoms with Crippen molar-refractivity contribution in [1.82, 2.24) is 15.5 Å². The molecule has 35 heavy (non-hydrogen) atoms. The van der Waals surface area contributed by atoms with Crippen molar-refractivity contribution in [3.63, 3.8) is 0 Å². The Balaban J connectivity index is 2.28. The summed E-state index contributed by atoms with van der Waals surface area (Å²) in [6, 6.07) is 1.74. The minimum Gasteiger partial charge on any atom is -0.508 e. The molecule has 6 atom stereocenters. The largest absolute Gasteiger partial charge is 0.508 e. The van der Waals surface area contributed by atoms with E-state index in [1.165, 1.54) is 24.0 Å². The Morgan fingerprint density at radius 2 is 1.74 bits per heavy atom. The van der Waals surface area contributed by atoms with E-state index in [1.807, 2.05) is 6.92 Å². The molecule has 7 N–H and O–H groups in total. The number of nitrogens with one attached hydrogen (secondary N) is 2. The summed E-state index contributed by atoms with van der Waals surface area (Å²) in [7, 11) is 0. The Hall–Kier alpha value is -3.18. The van der Waals surface area contributed by atoms with Gasteiger partial charge in [0.1, 0.15) is 29.9 Å². The Morgan fingerprint density at radius 3 is 2.29 bits per heavy atom. The smallest absolute Gasteiger partial charge is 0.326 e. The summed E-state index contributed by atoms with van der Waals surface area (Å²) in [5.74, 6) is -3.21. The van der Waals surface area contributed by atoms with Gasteiger partial charge in [0.05, 0.1) is 6.10 Å². The molecule has 6 unspecified atom stereocenters. The minimum atomic E-state index is -1.27. The van der Waals surface area contributed by atoms with E-state index in [0.29, 0.717) is 24.8 Å². The van der Waals surface area contributed by atoms with E-state index in [-0.39, 0.29) is 24.6 Å². The van der Waals surface area contributed by atoms with Crippen LogP contribution in [0.4, 0.5) is 0 Å². The van der Waals surface area contributed by atoms with Crippen LogP contribution in [0.1, 0.15) is 45.6 Å². The van der Waals surface area contributed by atoms with Gasteiger partial charge in [-0.25, -0.2) is 4.79 Å². The maximum Gasteiger partial charge on any atom is 0.326 e. The number of aliphatic hydroxyl groups is 1. The Labute approximate surface area is 204 Å². The minimum absolute atomic E-state index is 0.0350. The zero-order chi connectivity index (χ0) is 26.3. The van der Waals surface area contributed by atoms with Gasteiger partial charge in [-0.3, -0.25) is 14.4 Å². The van der Waals surface area contributed by atoms with Gasteiger partial charge in [0.15, 0.2) is 0 Å². The van der Waals surface area contributed by atoms with Crippen LogP contribution in [-0.4, -0.2) is 80.7 Å². The number of rotatable bonds is 11. The molecule has 1 aliphatic heterocycles. The third-order valence-corrected chi connectivity index (χ3v) is 6.43. The lowest BCUT2D eigenvalue weighted by Gasteiger charge is -2.31. The number of aliphatic carboxylic acids is 1. The molecule has 0 aliphatic carbocycles. The maximum atomic E-state index is 13.3. The first kappa shape index (κ1) is 28.1. The van der Waals surface area contributed by atoms with E-state index < -0.39 is 54.0 Å². The number of carboxylic acids is 1. The second kappa shape index (κ2) is 12.5. The SMILES string of the molecule is CCC(C)C(NC(=O)C(Cc1ccc(O)cc1)NC(=O)C(N)C(C)O)C(=O)N1CCCC1C(=O)O. The summed E-state index contributed by atoms with van der Waals surface area (Å²) in [6.45, 7) is 5.28. The molecule has 0 radical (unpaired) electrons. The highest BCUT2D eigenvalue weighted by atomic mass is 16.4. The molecule has 1 aromatic rings. The van der Waals surface area contributed by atoms with Crippen molar-refractivity contribution in [3.05, 3.63) is 29.8 Å². The van der Waals surface area contributed by atoms with Crippen LogP contribution in [0.25, 0.3) is 0 Å². The fraction of sp³-hybridized carbons (Fsp3) is 0.583. The predicted molar refractivity (Wildman–Crippen MR) is 127 cm³/mol. The summed E-state index contributed by atoms with van der Waals surface area (Å²) >= 11 is 0. The number of nitrogens with two attached hydrogens (primary N) is 1. The van der Waals surface area contributed by atoms with Gasteiger partial charge in [-0.05, 0) is 43.4 Å². The fourth-order valence-electron chi connectivity index (χ4n) is 3.97. The van der Waals surface area contributed by atoms with E-state index in [4.69, 9.17) is 5.73 Å². The molecule has 0 bridgehead atoms. The Morgan fingerprint density at radius 1 is 1.11 bits per heavy atom. The zero-order valence-corrected chi connectivity index (χ0v) is 20.3. The van der Waals surface area contributed by atoms with Gasteiger partial charge in [0.2, 0.25) is 17.7 Å². The molecule has 1 aromatic carbocycles. The molecule has 1 aliphatic rings. The highest BCUT2D eigenvalue weighted by Crippen LogP contribution is 2.21. The number of phenols is 1. The van der Waals surface area contributed by atoms with Crippen molar-refractivity contribution in [3.8, 4) is 5.75 Å². The topological polar surface area (TPSA) is 182 Å². The lowest BCUT2D eigenvalue weighted by molar-refractivity contribution is -0.150. The monoisotopic (exact) mass is 492 g/mol. The highest BCUT2D eigenvalue weighted by molar-refractivity contribution is 5.94. The molecule has 0 saturated carbocycles. The van der Waals surface area contributed by atoms with Crippen LogP contribution in [0.3, 0.4) is 0 Å². The second-order valence-corrected chi connectivity index (χ2v) is 9.10. The summed E-state index contributed by atoms with van der Waals surface area (Å²) in [5, 5.41) is 33.9. The van der Waals surface area contributed by atoms with Crippen LogP contribution in [0.15, 0.2) is 24.3 Å². The summed E-state index contributed by atoms with van der Waals surface area (Å²) in [5.41, 5.74) is 6.35. The van der Waals surface area contributed by atoms with Gasteiger partial charge in [-0.2, -0.15) is 0 Å². The van der Waals surface area contributed by atoms with Crippen LogP contribution in [0.5, 0.6) is 5.75 Å². The number of carbonyl (C=O) groups excluding carboxylic acids is 3. The standard InChI is InChI=1S/C24H36N4O7/c1-4-13(2)20(23(33)28-11-5-6-18(28)24(34)35)27-21(31)17(26-22(32)19(25)14(3)29)12-15-7-9-16(30)10-8-15/h7-10,13-14,17-20,29-30H,4-6,11-12,25H2,1-3H3,(H,26,32)(H,27,31)(H,34,35). The van der Waals surface area contributed by atoms with Gasteiger partial charge < -0.3 is 36.6 Å². The van der Waals surface area contributed by atoms with Gasteiger partial charge in [0, 0.05) is 13.0 Å². The molecule has 0 aromatic heterocycles. The number of amides is 3. The van der Waals surface area contributed by atoms with Crippen molar-refractivity contribution >= 4 is 23.7 Å². The maximum absolute atomic E-state index is 13.3. The van der Waals surface area contributed by atoms with E-state index in [0.717, 1.165) is 0 Å². The summed E-state index contributed by atoms with van der Waals surface area (Å²) in [4.78, 5) is 52.1. The molecule has 3 amide bonds. The predicted octanol–water partition coefficient (Wildman–Crippen LogP) is -0.266. The van der Waals surface area contributed by atoms with Gasteiger partial charge in [-0.15, -0.1) is 0 Å². The Bertz CT molecular complexity index is 906. The Kier molecular flexibility index (Phi) is 10.0. The molecule has 0 spiro atoms. The second-order valence-electron chi connectivity index (χ2n) is 9.10. The number of aromatic hydroxyl groups is 1. The number of carboxylic acid groups (broad SMARTS) is 1. The number of benzene rings is 1. The first-order chi connectivity index (χ1) is 16.5. The van der Waals surface area contributed by atoms with Gasteiger partial charge >= 0.3 is 5.97 Å². The average molecular weight is 493 g/mol. The summed E-state index contributed by atoms with van der Waals surface area (Å²) in [6.07, 6.45) is 0.335. The molecular formula is C24H36N4O7. The van der Waals surface area contributed by atoms with Crippen LogP contribution < -0.4 is 16.4 Å². The number of hydrogen-bond donors (Lipinski definition) is 6. The van der Waals surface area contributed by atoms with E-state index >= 15 is 0 Å². The number of carbonyl (C=O) groups is 4. The van der Waals surface area contributed by atoms with Crippen LogP contribution in [0.2, 0.25) is 0 Å². The molecule has 11 nitrogen and oxygen atoms in total. The zero-order valence-electron chi connectivity index (χ0n) is 20.3. The number of nitrogens with zero attached hydrogens (tertiary/aromatic N) is 1. The molecule has 1 fully saturated rings. The van der Waals surface area contributed by atoms with Crippen molar-refractivity contribution < 1.29 is 34.5 Å². The number of aliphatic hydroxyl groups excluding tert-OH is 1. The third-order valence-electron chi connectivity index (χ3n) is 6.43. The van der Waals surface area contributed by atoms with E-state index in [1.54, 1.807) is 19.1 Å². The van der Waals surface area contributed by atoms with Crippen LogP contribution in [0, 0.1) is 5.92 Å². The van der Waals surface area contributed by atoms with Crippen molar-refractivity contribution in [1.29, 1.82) is 0 Å². The quantitative estimate of drug-likeness (QED) is 0.244. The fourth-order valence-corrected chi connectivity index (χ4v) is 3.97. The number of phenolic OH excluding ortho intramolecular Hbond substituents is 1. The first-order valence-electron chi connectivity index (χ1n) is 11.8. The molecule has 11 heteroatoms. The average Bonchev–Trinajstić information content (AvgIpc) is 3.32. The normalized spacial score (nSPS) is 19.8. The molecule has 2 rings (SSSR count). The number of likely N-dealkylation sites (tertiary alicyclic amines) is 1. The van der Waals surface area contributed by atoms with Gasteiger partial charge in [0.25, 0.3) is 0 Å². The molecular weight excluding hydrogens is 456 g/mol. The summed E-state index contributed by atoms with van der Waals surface area (Å²) < 4.78 is 0. The van der Waals surface area contributed by atoms with E-state index in [2.05, 4.69) is 10.6 Å². The third kappa shape index (κ3) is 7.40. The van der Waals surface area contributed by atoms with Crippen molar-refractivity contribution in [2.45, 2.75) is 76.7 Å². The lowest BCUT2D eigenvalue weighted by atomic mass is 9.96. The molecule has 194 valence electrons. The number of hydrogen-bond acceptors (Lipinski definition) is 7. The van der Waals surface area contributed by atoms with Crippen LogP contribution >= 0.6 is 0 Å². The van der Waals surface area contributed by atoms with Crippen molar-refractivity contribution in [2.24, 2.45) is 11.7 Å². The molecule has 1 heterocycles. The van der Waals surface area contributed by atoms with Crippen molar-refractivity contribution in [2.75, 3.05) is 6.54 Å². The van der Waals surface area contributed by atoms with Crippen LogP contribution in [-0.2, 0) is 25.6 Å². The highest BCUT2D eigenvalue weighted by Gasteiger charge is 2.40. The molecule has 1 saturated heterocycles. The van der Waals surface area contributed by atoms with E-state index in [9.17, 15) is 34.5 Å².